The molecule has 0 aliphatic heterocycles. The van der Waals surface area contributed by atoms with E-state index in [1.54, 1.807) is 0 Å². The highest BCUT2D eigenvalue weighted by Crippen LogP contribution is 2.23. The Balaban J connectivity index is 2.17. The van der Waals surface area contributed by atoms with Gasteiger partial charge in [-0.2, -0.15) is 0 Å². The Morgan fingerprint density at radius 1 is 1.35 bits per heavy atom. The predicted molar refractivity (Wildman–Crippen MR) is 84.2 cm³/mol. The fourth-order valence-corrected chi connectivity index (χ4v) is 2.40. The van der Waals surface area contributed by atoms with Gasteiger partial charge < -0.3 is 9.47 Å². The molecule has 0 aliphatic carbocycles. The second-order valence-corrected chi connectivity index (χ2v) is 6.17. The summed E-state index contributed by atoms with van der Waals surface area (Å²) in [6, 6.07) is 4.47. The average Bonchev–Trinajstić information content (AvgIpc) is 2.78. The fourth-order valence-electron chi connectivity index (χ4n) is 2.24. The molecule has 0 saturated heterocycles. The number of hydrogen-bond acceptors (Lipinski definition) is 3. The molecule has 1 unspecified atom stereocenters. The van der Waals surface area contributed by atoms with Crippen LogP contribution in [-0.4, -0.2) is 39.1 Å². The van der Waals surface area contributed by atoms with Gasteiger partial charge in [0.25, 0.3) is 0 Å². The maximum absolute atomic E-state index is 6.25. The first-order valence-corrected chi connectivity index (χ1v) is 7.59. The molecule has 0 spiro atoms. The standard InChI is InChI=1S/C15H23ClN4/c1-11(2)19(4)9-6-10-20-14(12(3)16)18-13-7-5-8-17-15(13)20/h5,7-8,11-12H,6,9-10H2,1-4H3. The molecule has 4 nitrogen and oxygen atoms in total. The van der Waals surface area contributed by atoms with Crippen LogP contribution in [0.25, 0.3) is 11.2 Å². The number of halogens is 1. The minimum absolute atomic E-state index is 0.105. The number of fused-ring (bicyclic) bond motifs is 1. The predicted octanol–water partition coefficient (Wildman–Crippen LogP) is 3.46. The molecular formula is C15H23ClN4. The van der Waals surface area contributed by atoms with Gasteiger partial charge in [-0.15, -0.1) is 11.6 Å². The number of imidazole rings is 1. The number of rotatable bonds is 6. The van der Waals surface area contributed by atoms with Gasteiger partial charge in [-0.25, -0.2) is 9.97 Å². The van der Waals surface area contributed by atoms with Gasteiger partial charge in [0, 0.05) is 18.8 Å². The van der Waals surface area contributed by atoms with Crippen LogP contribution in [-0.2, 0) is 6.54 Å². The van der Waals surface area contributed by atoms with E-state index < -0.39 is 0 Å². The van der Waals surface area contributed by atoms with E-state index in [9.17, 15) is 0 Å². The van der Waals surface area contributed by atoms with Crippen LogP contribution < -0.4 is 0 Å². The van der Waals surface area contributed by atoms with E-state index in [1.807, 2.05) is 25.3 Å². The quantitative estimate of drug-likeness (QED) is 0.765. The van der Waals surface area contributed by atoms with E-state index in [0.717, 1.165) is 36.5 Å². The zero-order chi connectivity index (χ0) is 14.7. The molecule has 20 heavy (non-hydrogen) atoms. The van der Waals surface area contributed by atoms with Crippen molar-refractivity contribution in [3.8, 4) is 0 Å². The Labute approximate surface area is 125 Å². The van der Waals surface area contributed by atoms with E-state index in [2.05, 4.69) is 40.3 Å². The van der Waals surface area contributed by atoms with E-state index >= 15 is 0 Å². The van der Waals surface area contributed by atoms with Crippen LogP contribution in [0, 0.1) is 0 Å². The van der Waals surface area contributed by atoms with E-state index in [0.29, 0.717) is 6.04 Å². The van der Waals surface area contributed by atoms with Crippen molar-refractivity contribution in [2.24, 2.45) is 0 Å². The third-order valence-electron chi connectivity index (χ3n) is 3.66. The Hall–Kier alpha value is -1.13. The summed E-state index contributed by atoms with van der Waals surface area (Å²) in [5.74, 6) is 0.910. The molecule has 0 radical (unpaired) electrons. The molecule has 2 aromatic rings. The maximum atomic E-state index is 6.25. The SMILES string of the molecule is CC(Cl)c1nc2cccnc2n1CCCN(C)C(C)C. The third kappa shape index (κ3) is 3.30. The minimum Gasteiger partial charge on any atom is -0.311 e. The van der Waals surface area contributed by atoms with Gasteiger partial charge in [0.1, 0.15) is 11.3 Å². The minimum atomic E-state index is -0.105. The van der Waals surface area contributed by atoms with E-state index in [-0.39, 0.29) is 5.38 Å². The van der Waals surface area contributed by atoms with Crippen LogP contribution in [0.4, 0.5) is 0 Å². The highest BCUT2D eigenvalue weighted by atomic mass is 35.5. The lowest BCUT2D eigenvalue weighted by molar-refractivity contribution is 0.265. The fraction of sp³-hybridized carbons (Fsp3) is 0.600. The van der Waals surface area contributed by atoms with Crippen molar-refractivity contribution >= 4 is 22.8 Å². The highest BCUT2D eigenvalue weighted by molar-refractivity contribution is 6.20. The summed E-state index contributed by atoms with van der Waals surface area (Å²) in [7, 11) is 2.15. The van der Waals surface area contributed by atoms with Gasteiger partial charge in [0.2, 0.25) is 0 Å². The van der Waals surface area contributed by atoms with Crippen LogP contribution >= 0.6 is 11.6 Å². The molecule has 2 rings (SSSR count). The lowest BCUT2D eigenvalue weighted by atomic mass is 10.3. The zero-order valence-electron chi connectivity index (χ0n) is 12.7. The van der Waals surface area contributed by atoms with Crippen molar-refractivity contribution in [2.45, 2.75) is 45.2 Å². The highest BCUT2D eigenvalue weighted by Gasteiger charge is 2.15. The summed E-state index contributed by atoms with van der Waals surface area (Å²) in [5.41, 5.74) is 1.86. The molecule has 5 heteroatoms. The third-order valence-corrected chi connectivity index (χ3v) is 3.86. The summed E-state index contributed by atoms with van der Waals surface area (Å²) < 4.78 is 2.15. The normalized spacial score (nSPS) is 13.6. The molecule has 0 aliphatic rings. The van der Waals surface area contributed by atoms with Gasteiger partial charge in [0.15, 0.2) is 5.65 Å². The van der Waals surface area contributed by atoms with Crippen LogP contribution in [0.1, 0.15) is 38.4 Å². The lowest BCUT2D eigenvalue weighted by Crippen LogP contribution is -2.28. The molecule has 0 saturated carbocycles. The van der Waals surface area contributed by atoms with Crippen molar-refractivity contribution in [1.82, 2.24) is 19.4 Å². The second-order valence-electron chi connectivity index (χ2n) is 5.51. The molecule has 1 atom stereocenters. The van der Waals surface area contributed by atoms with Gasteiger partial charge in [-0.05, 0) is 52.9 Å². The molecule has 0 N–H and O–H groups in total. The number of hydrogen-bond donors (Lipinski definition) is 0. The number of aromatic nitrogens is 3. The first kappa shape index (κ1) is 15.3. The van der Waals surface area contributed by atoms with Gasteiger partial charge in [-0.3, -0.25) is 0 Å². The Kier molecular flexibility index (Phi) is 5.00. The molecule has 0 bridgehead atoms. The van der Waals surface area contributed by atoms with Crippen LogP contribution in [0.5, 0.6) is 0 Å². The Bertz CT molecular complexity index is 562. The summed E-state index contributed by atoms with van der Waals surface area (Å²) >= 11 is 6.25. The summed E-state index contributed by atoms with van der Waals surface area (Å²) in [6.45, 7) is 8.33. The van der Waals surface area contributed by atoms with Crippen molar-refractivity contribution in [3.05, 3.63) is 24.2 Å². The van der Waals surface area contributed by atoms with Gasteiger partial charge in [0.05, 0.1) is 5.38 Å². The molecule has 2 aromatic heterocycles. The van der Waals surface area contributed by atoms with Crippen molar-refractivity contribution in [3.63, 3.8) is 0 Å². The number of alkyl halides is 1. The summed E-state index contributed by atoms with van der Waals surface area (Å²) in [5, 5.41) is -0.105. The summed E-state index contributed by atoms with van der Waals surface area (Å²) in [6.07, 6.45) is 2.87. The summed E-state index contributed by atoms with van der Waals surface area (Å²) in [4.78, 5) is 11.4. The number of nitrogens with zero attached hydrogens (tertiary/aromatic N) is 4. The molecule has 0 aromatic carbocycles. The monoisotopic (exact) mass is 294 g/mol. The molecule has 0 fully saturated rings. The topological polar surface area (TPSA) is 34.0 Å². The van der Waals surface area contributed by atoms with Crippen molar-refractivity contribution in [2.75, 3.05) is 13.6 Å². The van der Waals surface area contributed by atoms with E-state index in [4.69, 9.17) is 11.6 Å². The van der Waals surface area contributed by atoms with Crippen molar-refractivity contribution in [1.29, 1.82) is 0 Å². The van der Waals surface area contributed by atoms with E-state index in [1.165, 1.54) is 0 Å². The molecular weight excluding hydrogens is 272 g/mol. The number of pyridine rings is 1. The number of aryl methyl sites for hydroxylation is 1. The largest absolute Gasteiger partial charge is 0.311 e. The first-order valence-electron chi connectivity index (χ1n) is 7.16. The maximum Gasteiger partial charge on any atom is 0.160 e. The van der Waals surface area contributed by atoms with Crippen LogP contribution in [0.15, 0.2) is 18.3 Å². The van der Waals surface area contributed by atoms with Crippen LogP contribution in [0.3, 0.4) is 0 Å². The lowest BCUT2D eigenvalue weighted by Gasteiger charge is -2.21. The second kappa shape index (κ2) is 6.55. The molecule has 110 valence electrons. The van der Waals surface area contributed by atoms with Crippen LogP contribution in [0.2, 0.25) is 0 Å². The Morgan fingerprint density at radius 3 is 2.75 bits per heavy atom. The Morgan fingerprint density at radius 2 is 2.10 bits per heavy atom. The first-order chi connectivity index (χ1) is 9.50. The molecule has 0 amide bonds. The molecule has 2 heterocycles. The van der Waals surface area contributed by atoms with Gasteiger partial charge >= 0.3 is 0 Å². The van der Waals surface area contributed by atoms with Gasteiger partial charge in [-0.1, -0.05) is 0 Å². The zero-order valence-corrected chi connectivity index (χ0v) is 13.4. The van der Waals surface area contributed by atoms with Crippen molar-refractivity contribution < 1.29 is 0 Å². The average molecular weight is 295 g/mol. The smallest absolute Gasteiger partial charge is 0.160 e.